The molecule has 1 aliphatic rings. The summed E-state index contributed by atoms with van der Waals surface area (Å²) in [6.07, 6.45) is 6.31. The predicted molar refractivity (Wildman–Crippen MR) is 150 cm³/mol. The van der Waals surface area contributed by atoms with Crippen LogP contribution in [0.5, 0.6) is 0 Å². The standard InChI is InChI=1S/C30H33N5O3/c1-23-8-2-3-9-26(23)34-17-19-35(20-18-34)27-12-11-24(22-25(27)32-30(37)28-10-6-21-38-28)29(36)31-13-7-16-33-14-4-5-15-33/h2-6,8-12,14-15,21-22H,7,13,16-20H2,1H3,(H,31,36)(H,32,37). The number of amides is 2. The quantitative estimate of drug-likeness (QED) is 0.316. The van der Waals surface area contributed by atoms with E-state index in [1.54, 1.807) is 18.2 Å². The molecule has 196 valence electrons. The van der Waals surface area contributed by atoms with Crippen molar-refractivity contribution in [1.82, 2.24) is 9.88 Å². The molecule has 8 nitrogen and oxygen atoms in total. The van der Waals surface area contributed by atoms with Crippen LogP contribution < -0.4 is 20.4 Å². The molecule has 4 aromatic rings. The number of anilines is 3. The normalized spacial score (nSPS) is 13.4. The summed E-state index contributed by atoms with van der Waals surface area (Å²) in [4.78, 5) is 30.4. The summed E-state index contributed by atoms with van der Waals surface area (Å²) in [5.41, 5.74) is 4.50. The second-order valence-corrected chi connectivity index (χ2v) is 9.45. The molecule has 0 unspecified atom stereocenters. The van der Waals surface area contributed by atoms with Crippen LogP contribution in [-0.2, 0) is 6.54 Å². The number of hydrogen-bond acceptors (Lipinski definition) is 5. The van der Waals surface area contributed by atoms with Crippen molar-refractivity contribution < 1.29 is 14.0 Å². The van der Waals surface area contributed by atoms with Gasteiger partial charge in [0.05, 0.1) is 17.6 Å². The lowest BCUT2D eigenvalue weighted by atomic mass is 10.1. The molecule has 2 aromatic carbocycles. The van der Waals surface area contributed by atoms with Crippen molar-refractivity contribution in [2.75, 3.05) is 47.8 Å². The number of piperazine rings is 1. The Balaban J connectivity index is 1.29. The van der Waals surface area contributed by atoms with Crippen molar-refractivity contribution in [3.05, 3.63) is 102 Å². The van der Waals surface area contributed by atoms with Gasteiger partial charge in [0.15, 0.2) is 5.76 Å². The van der Waals surface area contributed by atoms with E-state index < -0.39 is 0 Å². The van der Waals surface area contributed by atoms with Crippen molar-refractivity contribution >= 4 is 28.9 Å². The van der Waals surface area contributed by atoms with Gasteiger partial charge in [0.1, 0.15) is 0 Å². The fourth-order valence-corrected chi connectivity index (χ4v) is 4.84. The minimum atomic E-state index is -0.348. The summed E-state index contributed by atoms with van der Waals surface area (Å²) in [7, 11) is 0. The Kier molecular flexibility index (Phi) is 7.78. The molecular weight excluding hydrogens is 478 g/mol. The molecule has 1 saturated heterocycles. The monoisotopic (exact) mass is 511 g/mol. The topological polar surface area (TPSA) is 82.8 Å². The minimum Gasteiger partial charge on any atom is -0.459 e. The molecule has 1 aliphatic heterocycles. The van der Waals surface area contributed by atoms with Crippen LogP contribution in [0.25, 0.3) is 0 Å². The van der Waals surface area contributed by atoms with Gasteiger partial charge in [0.2, 0.25) is 0 Å². The number of carbonyl (C=O) groups is 2. The fourth-order valence-electron chi connectivity index (χ4n) is 4.84. The second kappa shape index (κ2) is 11.7. The van der Waals surface area contributed by atoms with Crippen LogP contribution in [0.1, 0.15) is 32.9 Å². The maximum Gasteiger partial charge on any atom is 0.291 e. The highest BCUT2D eigenvalue weighted by molar-refractivity contribution is 6.05. The Hall–Kier alpha value is -4.46. The zero-order valence-corrected chi connectivity index (χ0v) is 21.6. The molecule has 2 aromatic heterocycles. The number of hydrogen-bond donors (Lipinski definition) is 2. The first-order valence-electron chi connectivity index (χ1n) is 13.0. The van der Waals surface area contributed by atoms with E-state index in [2.05, 4.69) is 56.2 Å². The fraction of sp³-hybridized carbons (Fsp3) is 0.267. The highest BCUT2D eigenvalue weighted by atomic mass is 16.3. The van der Waals surface area contributed by atoms with Crippen LogP contribution in [-0.4, -0.2) is 49.1 Å². The highest BCUT2D eigenvalue weighted by Gasteiger charge is 2.23. The van der Waals surface area contributed by atoms with E-state index in [1.807, 2.05) is 36.7 Å². The van der Waals surface area contributed by atoms with Gasteiger partial charge in [-0.15, -0.1) is 0 Å². The lowest BCUT2D eigenvalue weighted by molar-refractivity contribution is 0.0950. The third-order valence-electron chi connectivity index (χ3n) is 6.87. The van der Waals surface area contributed by atoms with Gasteiger partial charge in [-0.05, 0) is 67.4 Å². The van der Waals surface area contributed by atoms with E-state index >= 15 is 0 Å². The summed E-state index contributed by atoms with van der Waals surface area (Å²) in [6, 6.07) is 21.2. The molecule has 3 heterocycles. The number of nitrogens with one attached hydrogen (secondary N) is 2. The van der Waals surface area contributed by atoms with Gasteiger partial charge in [0, 0.05) is 62.9 Å². The van der Waals surface area contributed by atoms with E-state index in [1.165, 1.54) is 17.5 Å². The zero-order chi connectivity index (χ0) is 26.3. The second-order valence-electron chi connectivity index (χ2n) is 9.45. The summed E-state index contributed by atoms with van der Waals surface area (Å²) in [6.45, 7) is 6.85. The van der Waals surface area contributed by atoms with E-state index in [9.17, 15) is 9.59 Å². The molecule has 8 heteroatoms. The van der Waals surface area contributed by atoms with Crippen LogP contribution in [0.15, 0.2) is 89.8 Å². The van der Waals surface area contributed by atoms with Gasteiger partial charge in [0.25, 0.3) is 11.8 Å². The molecule has 0 atom stereocenters. The summed E-state index contributed by atoms with van der Waals surface area (Å²) >= 11 is 0. The predicted octanol–water partition coefficient (Wildman–Crippen LogP) is 4.79. The molecule has 38 heavy (non-hydrogen) atoms. The minimum absolute atomic E-state index is 0.165. The van der Waals surface area contributed by atoms with Gasteiger partial charge >= 0.3 is 0 Å². The third kappa shape index (κ3) is 5.91. The lowest BCUT2D eigenvalue weighted by Crippen LogP contribution is -2.47. The third-order valence-corrected chi connectivity index (χ3v) is 6.87. The van der Waals surface area contributed by atoms with Crippen LogP contribution in [0.3, 0.4) is 0 Å². The van der Waals surface area contributed by atoms with Gasteiger partial charge in [-0.3, -0.25) is 9.59 Å². The largest absolute Gasteiger partial charge is 0.459 e. The molecule has 2 amide bonds. The van der Waals surface area contributed by atoms with Crippen LogP contribution in [0, 0.1) is 6.92 Å². The Bertz CT molecular complexity index is 1360. The number of aromatic nitrogens is 1. The first-order valence-corrected chi connectivity index (χ1v) is 13.0. The molecule has 0 radical (unpaired) electrons. The van der Waals surface area contributed by atoms with Crippen molar-refractivity contribution in [1.29, 1.82) is 0 Å². The zero-order valence-electron chi connectivity index (χ0n) is 21.6. The first kappa shape index (κ1) is 25.2. The molecular formula is C30H33N5O3. The van der Waals surface area contributed by atoms with Gasteiger partial charge < -0.3 is 29.4 Å². The summed E-state index contributed by atoms with van der Waals surface area (Å²) in [5.74, 6) is -0.291. The Labute approximate surface area is 222 Å². The first-order chi connectivity index (χ1) is 18.6. The van der Waals surface area contributed by atoms with Crippen molar-refractivity contribution in [2.24, 2.45) is 0 Å². The van der Waals surface area contributed by atoms with Gasteiger partial charge in [-0.2, -0.15) is 0 Å². The van der Waals surface area contributed by atoms with Crippen molar-refractivity contribution in [3.8, 4) is 0 Å². The smallest absolute Gasteiger partial charge is 0.291 e. The molecule has 1 fully saturated rings. The number of para-hydroxylation sites is 1. The van der Waals surface area contributed by atoms with Crippen LogP contribution in [0.4, 0.5) is 17.1 Å². The summed E-state index contributed by atoms with van der Waals surface area (Å²) in [5, 5.41) is 5.97. The Morgan fingerprint density at radius 3 is 2.29 bits per heavy atom. The lowest BCUT2D eigenvalue weighted by Gasteiger charge is -2.38. The number of furan rings is 1. The molecule has 2 N–H and O–H groups in total. The number of benzene rings is 2. The average Bonchev–Trinajstić information content (AvgIpc) is 3.67. The highest BCUT2D eigenvalue weighted by Crippen LogP contribution is 2.30. The van der Waals surface area contributed by atoms with Crippen molar-refractivity contribution in [3.63, 3.8) is 0 Å². The van der Waals surface area contributed by atoms with Gasteiger partial charge in [-0.25, -0.2) is 0 Å². The van der Waals surface area contributed by atoms with Crippen molar-refractivity contribution in [2.45, 2.75) is 19.9 Å². The Morgan fingerprint density at radius 1 is 0.842 bits per heavy atom. The van der Waals surface area contributed by atoms with Crippen LogP contribution >= 0.6 is 0 Å². The van der Waals surface area contributed by atoms with E-state index in [0.29, 0.717) is 17.8 Å². The van der Waals surface area contributed by atoms with E-state index in [0.717, 1.165) is 44.8 Å². The van der Waals surface area contributed by atoms with E-state index in [-0.39, 0.29) is 17.6 Å². The summed E-state index contributed by atoms with van der Waals surface area (Å²) < 4.78 is 7.37. The van der Waals surface area contributed by atoms with Gasteiger partial charge in [-0.1, -0.05) is 18.2 Å². The number of rotatable bonds is 9. The number of carbonyl (C=O) groups excluding carboxylic acids is 2. The Morgan fingerprint density at radius 2 is 1.58 bits per heavy atom. The molecule has 0 aliphatic carbocycles. The number of nitrogens with zero attached hydrogens (tertiary/aromatic N) is 3. The molecule has 0 bridgehead atoms. The number of aryl methyl sites for hydroxylation is 2. The average molecular weight is 512 g/mol. The maximum atomic E-state index is 12.9. The van der Waals surface area contributed by atoms with E-state index in [4.69, 9.17) is 4.42 Å². The molecule has 0 saturated carbocycles. The maximum absolute atomic E-state index is 12.9. The molecule has 0 spiro atoms. The molecule has 5 rings (SSSR count). The SMILES string of the molecule is Cc1ccccc1N1CCN(c2ccc(C(=O)NCCCn3cccc3)cc2NC(=O)c2ccco2)CC1. The van der Waals surface area contributed by atoms with Crippen LogP contribution in [0.2, 0.25) is 0 Å².